The molecule has 1 fully saturated rings. The van der Waals surface area contributed by atoms with Gasteiger partial charge in [0.1, 0.15) is 5.82 Å². The van der Waals surface area contributed by atoms with Crippen LogP contribution in [0.2, 0.25) is 0 Å². The van der Waals surface area contributed by atoms with Gasteiger partial charge in [-0.3, -0.25) is 0 Å². The first kappa shape index (κ1) is 12.5. The Kier molecular flexibility index (Phi) is 3.50. The van der Waals surface area contributed by atoms with E-state index in [0.29, 0.717) is 5.56 Å². The Balaban J connectivity index is 2.12. The highest BCUT2D eigenvalue weighted by Crippen LogP contribution is 2.29. The van der Waals surface area contributed by atoms with E-state index in [1.165, 1.54) is 12.1 Å². The first-order valence-electron chi connectivity index (χ1n) is 6.19. The minimum Gasteiger partial charge on any atom is -0.387 e. The number of hydrogen-bond acceptors (Lipinski definition) is 2. The van der Waals surface area contributed by atoms with Crippen molar-refractivity contribution in [2.24, 2.45) is 0 Å². The molecule has 2 atom stereocenters. The van der Waals surface area contributed by atoms with Gasteiger partial charge < -0.3 is 10.4 Å². The fraction of sp³-hybridized carbons (Fsp3) is 0.571. The highest BCUT2D eigenvalue weighted by atomic mass is 19.1. The molecule has 1 aliphatic heterocycles. The highest BCUT2D eigenvalue weighted by Gasteiger charge is 2.31. The normalized spacial score (nSPS) is 25.5. The van der Waals surface area contributed by atoms with Gasteiger partial charge in [0.25, 0.3) is 0 Å². The minimum atomic E-state index is -0.634. The zero-order valence-corrected chi connectivity index (χ0v) is 10.4. The molecule has 0 bridgehead atoms. The summed E-state index contributed by atoms with van der Waals surface area (Å²) in [6.45, 7) is 4.27. The number of aliphatic hydroxyl groups is 1. The maximum absolute atomic E-state index is 13.1. The van der Waals surface area contributed by atoms with Crippen molar-refractivity contribution in [2.45, 2.75) is 50.8 Å². The van der Waals surface area contributed by atoms with Gasteiger partial charge in [-0.15, -0.1) is 0 Å². The first-order valence-corrected chi connectivity index (χ1v) is 6.19. The average Bonchev–Trinajstić information content (AvgIpc) is 2.26. The van der Waals surface area contributed by atoms with Crippen molar-refractivity contribution in [3.63, 3.8) is 0 Å². The molecule has 0 radical (unpaired) electrons. The lowest BCUT2D eigenvalue weighted by atomic mass is 9.85. The standard InChI is InChI=1S/C14H20FNO/c1-14(2)8-4-7-12(16-14)13(17)10-5-3-6-11(15)9-10/h3,5-6,9,12-13,16-17H,4,7-8H2,1-2H3/t12?,13-/m0/s1. The summed E-state index contributed by atoms with van der Waals surface area (Å²) >= 11 is 0. The van der Waals surface area contributed by atoms with Crippen LogP contribution in [0, 0.1) is 5.82 Å². The SMILES string of the molecule is CC1(C)CCCC([C@@H](O)c2cccc(F)c2)N1. The highest BCUT2D eigenvalue weighted by molar-refractivity contribution is 5.20. The molecule has 0 saturated carbocycles. The van der Waals surface area contributed by atoms with Crippen LogP contribution in [-0.4, -0.2) is 16.7 Å². The molecule has 2 N–H and O–H groups in total. The number of rotatable bonds is 2. The van der Waals surface area contributed by atoms with Crippen LogP contribution in [0.4, 0.5) is 4.39 Å². The molecule has 17 heavy (non-hydrogen) atoms. The van der Waals surface area contributed by atoms with Crippen LogP contribution in [0.1, 0.15) is 44.8 Å². The zero-order chi connectivity index (χ0) is 12.5. The molecule has 2 nitrogen and oxygen atoms in total. The van der Waals surface area contributed by atoms with Crippen molar-refractivity contribution in [3.05, 3.63) is 35.6 Å². The smallest absolute Gasteiger partial charge is 0.123 e. The molecule has 1 saturated heterocycles. The largest absolute Gasteiger partial charge is 0.387 e. The van der Waals surface area contributed by atoms with Gasteiger partial charge in [0.15, 0.2) is 0 Å². The van der Waals surface area contributed by atoms with E-state index in [1.807, 2.05) is 0 Å². The maximum Gasteiger partial charge on any atom is 0.123 e. The lowest BCUT2D eigenvalue weighted by Crippen LogP contribution is -2.51. The minimum absolute atomic E-state index is 0.0144. The lowest BCUT2D eigenvalue weighted by Gasteiger charge is -2.39. The molecule has 1 unspecified atom stereocenters. The van der Waals surface area contributed by atoms with Crippen LogP contribution in [0.3, 0.4) is 0 Å². The van der Waals surface area contributed by atoms with Gasteiger partial charge in [0.2, 0.25) is 0 Å². The number of hydrogen-bond donors (Lipinski definition) is 2. The first-order chi connectivity index (χ1) is 7.98. The second-order valence-electron chi connectivity index (χ2n) is 5.53. The van der Waals surface area contributed by atoms with Crippen LogP contribution < -0.4 is 5.32 Å². The van der Waals surface area contributed by atoms with Gasteiger partial charge >= 0.3 is 0 Å². The summed E-state index contributed by atoms with van der Waals surface area (Å²) in [6, 6.07) is 6.24. The van der Waals surface area contributed by atoms with Crippen molar-refractivity contribution >= 4 is 0 Å². The number of piperidine rings is 1. The Labute approximate surface area is 102 Å². The third-order valence-corrected chi connectivity index (χ3v) is 3.46. The quantitative estimate of drug-likeness (QED) is 0.829. The molecule has 0 aromatic heterocycles. The fourth-order valence-electron chi connectivity index (χ4n) is 2.57. The van der Waals surface area contributed by atoms with E-state index >= 15 is 0 Å². The van der Waals surface area contributed by atoms with Gasteiger partial charge in [-0.2, -0.15) is 0 Å². The van der Waals surface area contributed by atoms with Gasteiger partial charge in [0.05, 0.1) is 6.10 Å². The molecule has 94 valence electrons. The predicted molar refractivity (Wildman–Crippen MR) is 66.2 cm³/mol. The van der Waals surface area contributed by atoms with Crippen molar-refractivity contribution in [2.75, 3.05) is 0 Å². The molecule has 3 heteroatoms. The van der Waals surface area contributed by atoms with Crippen LogP contribution in [0.15, 0.2) is 24.3 Å². The van der Waals surface area contributed by atoms with Crippen LogP contribution >= 0.6 is 0 Å². The summed E-state index contributed by atoms with van der Waals surface area (Å²) in [5.41, 5.74) is 0.706. The van der Waals surface area contributed by atoms with E-state index in [-0.39, 0.29) is 17.4 Å². The van der Waals surface area contributed by atoms with E-state index in [1.54, 1.807) is 12.1 Å². The van der Waals surface area contributed by atoms with Crippen LogP contribution in [-0.2, 0) is 0 Å². The molecule has 0 aliphatic carbocycles. The Morgan fingerprint density at radius 1 is 1.47 bits per heavy atom. The second-order valence-corrected chi connectivity index (χ2v) is 5.53. The van der Waals surface area contributed by atoms with Crippen molar-refractivity contribution in [1.29, 1.82) is 0 Å². The summed E-state index contributed by atoms with van der Waals surface area (Å²) < 4.78 is 13.1. The number of benzene rings is 1. The van der Waals surface area contributed by atoms with Crippen LogP contribution in [0.25, 0.3) is 0 Å². The Morgan fingerprint density at radius 3 is 2.88 bits per heavy atom. The fourth-order valence-corrected chi connectivity index (χ4v) is 2.57. The Morgan fingerprint density at radius 2 is 2.24 bits per heavy atom. The topological polar surface area (TPSA) is 32.3 Å². The summed E-state index contributed by atoms with van der Waals surface area (Å²) in [5, 5.41) is 13.7. The van der Waals surface area contributed by atoms with E-state index in [2.05, 4.69) is 19.2 Å². The third-order valence-electron chi connectivity index (χ3n) is 3.46. The molecule has 1 aliphatic rings. The monoisotopic (exact) mass is 237 g/mol. The summed E-state index contributed by atoms with van der Waals surface area (Å²) in [5.74, 6) is -0.295. The lowest BCUT2D eigenvalue weighted by molar-refractivity contribution is 0.0842. The van der Waals surface area contributed by atoms with Gasteiger partial charge in [0, 0.05) is 11.6 Å². The van der Waals surface area contributed by atoms with E-state index in [9.17, 15) is 9.50 Å². The van der Waals surface area contributed by atoms with Gasteiger partial charge in [-0.25, -0.2) is 4.39 Å². The Bertz CT molecular complexity index is 392. The summed E-state index contributed by atoms with van der Waals surface area (Å²) in [6.07, 6.45) is 2.50. The number of aliphatic hydroxyl groups excluding tert-OH is 1. The summed E-state index contributed by atoms with van der Waals surface area (Å²) in [4.78, 5) is 0. The average molecular weight is 237 g/mol. The summed E-state index contributed by atoms with van der Waals surface area (Å²) in [7, 11) is 0. The third kappa shape index (κ3) is 3.05. The molecular formula is C14H20FNO. The van der Waals surface area contributed by atoms with E-state index in [4.69, 9.17) is 0 Å². The van der Waals surface area contributed by atoms with Gasteiger partial charge in [-0.1, -0.05) is 12.1 Å². The molecule has 0 amide bonds. The zero-order valence-electron chi connectivity index (χ0n) is 10.4. The maximum atomic E-state index is 13.1. The molecule has 1 aromatic rings. The molecule has 1 heterocycles. The van der Waals surface area contributed by atoms with Crippen molar-refractivity contribution in [3.8, 4) is 0 Å². The number of nitrogens with one attached hydrogen (secondary N) is 1. The molecule has 0 spiro atoms. The van der Waals surface area contributed by atoms with Crippen molar-refractivity contribution in [1.82, 2.24) is 5.32 Å². The molecule has 1 aromatic carbocycles. The Hall–Kier alpha value is -0.930. The molecular weight excluding hydrogens is 217 g/mol. The second kappa shape index (κ2) is 4.75. The van der Waals surface area contributed by atoms with Crippen LogP contribution in [0.5, 0.6) is 0 Å². The molecule has 2 rings (SSSR count). The van der Waals surface area contributed by atoms with Crippen molar-refractivity contribution < 1.29 is 9.50 Å². The number of halogens is 1. The van der Waals surface area contributed by atoms with Gasteiger partial charge in [-0.05, 0) is 50.8 Å². The predicted octanol–water partition coefficient (Wildman–Crippen LogP) is 2.78. The van der Waals surface area contributed by atoms with E-state index in [0.717, 1.165) is 19.3 Å². The van der Waals surface area contributed by atoms with E-state index < -0.39 is 6.10 Å².